The summed E-state index contributed by atoms with van der Waals surface area (Å²) < 4.78 is 18.7. The Morgan fingerprint density at radius 1 is 1.18 bits per heavy atom. The SMILES string of the molecule is CCCNC(=O)N(CCOC)CC(=O)N1N=C(c2ccc(C)c(C)c2)CC1c1ccc(F)cc1. The Labute approximate surface area is 200 Å². The highest BCUT2D eigenvalue weighted by atomic mass is 19.1. The number of carbonyl (C=O) groups is 2. The number of benzene rings is 2. The van der Waals surface area contributed by atoms with E-state index in [9.17, 15) is 14.0 Å². The summed E-state index contributed by atoms with van der Waals surface area (Å²) in [4.78, 5) is 27.5. The lowest BCUT2D eigenvalue weighted by Gasteiger charge is -2.27. The maximum absolute atomic E-state index is 13.6. The van der Waals surface area contributed by atoms with E-state index in [1.165, 1.54) is 27.6 Å². The number of rotatable bonds is 9. The number of methoxy groups -OCH3 is 1. The Kier molecular flexibility index (Phi) is 8.76. The number of aryl methyl sites for hydroxylation is 2. The van der Waals surface area contributed by atoms with Crippen molar-refractivity contribution in [1.82, 2.24) is 15.2 Å². The summed E-state index contributed by atoms with van der Waals surface area (Å²) in [5, 5.41) is 8.93. The average Bonchev–Trinajstić information content (AvgIpc) is 3.28. The lowest BCUT2D eigenvalue weighted by Crippen LogP contribution is -2.47. The molecule has 1 N–H and O–H groups in total. The van der Waals surface area contributed by atoms with E-state index in [0.29, 0.717) is 19.6 Å². The third-order valence-corrected chi connectivity index (χ3v) is 5.97. The van der Waals surface area contributed by atoms with Gasteiger partial charge in [-0.2, -0.15) is 5.10 Å². The van der Waals surface area contributed by atoms with Crippen LogP contribution in [-0.4, -0.2) is 60.9 Å². The minimum atomic E-state index is -0.382. The van der Waals surface area contributed by atoms with Crippen LogP contribution < -0.4 is 5.32 Å². The van der Waals surface area contributed by atoms with E-state index >= 15 is 0 Å². The molecule has 1 aliphatic rings. The minimum Gasteiger partial charge on any atom is -0.383 e. The zero-order valence-electron chi connectivity index (χ0n) is 20.3. The molecule has 0 aliphatic carbocycles. The van der Waals surface area contributed by atoms with E-state index in [2.05, 4.69) is 16.5 Å². The van der Waals surface area contributed by atoms with Crippen molar-refractivity contribution in [1.29, 1.82) is 0 Å². The van der Waals surface area contributed by atoms with Crippen LogP contribution in [0.25, 0.3) is 0 Å². The van der Waals surface area contributed by atoms with Gasteiger partial charge in [0.15, 0.2) is 0 Å². The number of urea groups is 1. The van der Waals surface area contributed by atoms with Gasteiger partial charge in [-0.15, -0.1) is 0 Å². The van der Waals surface area contributed by atoms with E-state index < -0.39 is 0 Å². The number of ether oxygens (including phenoxy) is 1. The molecule has 8 heteroatoms. The smallest absolute Gasteiger partial charge is 0.317 e. The molecular weight excluding hydrogens is 435 g/mol. The summed E-state index contributed by atoms with van der Waals surface area (Å²) >= 11 is 0. The zero-order chi connectivity index (χ0) is 24.7. The molecule has 0 spiro atoms. The van der Waals surface area contributed by atoms with Gasteiger partial charge in [-0.25, -0.2) is 14.2 Å². The van der Waals surface area contributed by atoms with E-state index in [-0.39, 0.29) is 36.9 Å². The topological polar surface area (TPSA) is 74.2 Å². The van der Waals surface area contributed by atoms with Crippen LogP contribution in [0.4, 0.5) is 9.18 Å². The molecule has 2 aromatic carbocycles. The van der Waals surface area contributed by atoms with Crippen LogP contribution in [0.15, 0.2) is 47.6 Å². The first-order valence-corrected chi connectivity index (χ1v) is 11.6. The molecule has 182 valence electrons. The highest BCUT2D eigenvalue weighted by Crippen LogP contribution is 2.33. The van der Waals surface area contributed by atoms with Gasteiger partial charge in [0.25, 0.3) is 5.91 Å². The first-order valence-electron chi connectivity index (χ1n) is 11.6. The van der Waals surface area contributed by atoms with Crippen LogP contribution in [0.2, 0.25) is 0 Å². The van der Waals surface area contributed by atoms with E-state index in [0.717, 1.165) is 28.8 Å². The Morgan fingerprint density at radius 3 is 2.56 bits per heavy atom. The quantitative estimate of drug-likeness (QED) is 0.600. The Balaban J connectivity index is 1.89. The number of hydrazone groups is 1. The van der Waals surface area contributed by atoms with E-state index in [1.807, 2.05) is 32.9 Å². The number of nitrogens with zero attached hydrogens (tertiary/aromatic N) is 3. The molecule has 0 saturated heterocycles. The standard InChI is InChI=1S/C26H33FN4O3/c1-5-12-28-26(33)30(13-14-34-4)17-25(32)31-24(20-8-10-22(27)11-9-20)16-23(29-31)21-7-6-18(2)19(3)15-21/h6-11,15,24H,5,12-14,16-17H2,1-4H3,(H,28,33). The monoisotopic (exact) mass is 468 g/mol. The number of nitrogens with one attached hydrogen (secondary N) is 1. The fraction of sp³-hybridized carbons (Fsp3) is 0.423. The number of halogens is 1. The van der Waals surface area contributed by atoms with Crippen LogP contribution in [-0.2, 0) is 9.53 Å². The van der Waals surface area contributed by atoms with Crippen LogP contribution in [0.5, 0.6) is 0 Å². The molecule has 3 amide bonds. The Hall–Kier alpha value is -3.26. The lowest BCUT2D eigenvalue weighted by atomic mass is 9.96. The molecule has 1 heterocycles. The number of amides is 3. The fourth-order valence-corrected chi connectivity index (χ4v) is 3.81. The normalized spacial score (nSPS) is 15.3. The van der Waals surface area contributed by atoms with Crippen molar-refractivity contribution in [3.05, 3.63) is 70.5 Å². The first kappa shape index (κ1) is 25.4. The second-order valence-electron chi connectivity index (χ2n) is 8.50. The van der Waals surface area contributed by atoms with Crippen molar-refractivity contribution in [2.24, 2.45) is 5.10 Å². The molecule has 0 aromatic heterocycles. The molecular formula is C26H33FN4O3. The third kappa shape index (κ3) is 6.20. The maximum atomic E-state index is 13.6. The van der Waals surface area contributed by atoms with Crippen LogP contribution in [0, 0.1) is 19.7 Å². The van der Waals surface area contributed by atoms with E-state index in [1.54, 1.807) is 19.2 Å². The summed E-state index contributed by atoms with van der Waals surface area (Å²) in [6, 6.07) is 11.5. The van der Waals surface area contributed by atoms with Crippen molar-refractivity contribution < 1.29 is 18.7 Å². The molecule has 0 fully saturated rings. The fourth-order valence-electron chi connectivity index (χ4n) is 3.81. The van der Waals surface area contributed by atoms with Crippen molar-refractivity contribution in [3.8, 4) is 0 Å². The van der Waals surface area contributed by atoms with Crippen LogP contribution >= 0.6 is 0 Å². The van der Waals surface area contributed by atoms with Crippen molar-refractivity contribution >= 4 is 17.6 Å². The second kappa shape index (κ2) is 11.7. The van der Waals surface area contributed by atoms with Gasteiger partial charge < -0.3 is 15.0 Å². The Bertz CT molecular complexity index is 1040. The van der Waals surface area contributed by atoms with Crippen LogP contribution in [0.1, 0.15) is 48.1 Å². The molecule has 1 atom stereocenters. The van der Waals surface area contributed by atoms with Gasteiger partial charge in [0.2, 0.25) is 0 Å². The van der Waals surface area contributed by atoms with Crippen molar-refractivity contribution in [3.63, 3.8) is 0 Å². The average molecular weight is 469 g/mol. The van der Waals surface area contributed by atoms with E-state index in [4.69, 9.17) is 4.74 Å². The highest BCUT2D eigenvalue weighted by Gasteiger charge is 2.34. The summed E-state index contributed by atoms with van der Waals surface area (Å²) in [5.41, 5.74) is 4.84. The van der Waals surface area contributed by atoms with Crippen molar-refractivity contribution in [2.45, 2.75) is 39.7 Å². The first-order chi connectivity index (χ1) is 16.3. The molecule has 0 bridgehead atoms. The Morgan fingerprint density at radius 2 is 1.91 bits per heavy atom. The number of carbonyl (C=O) groups excluding carboxylic acids is 2. The molecule has 34 heavy (non-hydrogen) atoms. The largest absolute Gasteiger partial charge is 0.383 e. The summed E-state index contributed by atoms with van der Waals surface area (Å²) in [6.07, 6.45) is 1.29. The van der Waals surface area contributed by atoms with Gasteiger partial charge in [0, 0.05) is 26.6 Å². The molecule has 0 saturated carbocycles. The highest BCUT2D eigenvalue weighted by molar-refractivity contribution is 6.03. The summed E-state index contributed by atoms with van der Waals surface area (Å²) in [6.45, 7) is 7.02. The summed E-state index contributed by atoms with van der Waals surface area (Å²) in [7, 11) is 1.55. The summed E-state index contributed by atoms with van der Waals surface area (Å²) in [5.74, 6) is -0.649. The predicted molar refractivity (Wildman–Crippen MR) is 130 cm³/mol. The zero-order valence-corrected chi connectivity index (χ0v) is 20.3. The maximum Gasteiger partial charge on any atom is 0.317 e. The molecule has 3 rings (SSSR count). The van der Waals surface area contributed by atoms with Gasteiger partial charge in [0.1, 0.15) is 12.4 Å². The molecule has 1 unspecified atom stereocenters. The molecule has 1 aliphatic heterocycles. The van der Waals surface area contributed by atoms with Gasteiger partial charge in [-0.05, 0) is 60.7 Å². The predicted octanol–water partition coefficient (Wildman–Crippen LogP) is 4.19. The minimum absolute atomic E-state index is 0.139. The van der Waals surface area contributed by atoms with Gasteiger partial charge >= 0.3 is 6.03 Å². The number of hydrogen-bond acceptors (Lipinski definition) is 4. The van der Waals surface area contributed by atoms with Crippen LogP contribution in [0.3, 0.4) is 0 Å². The van der Waals surface area contributed by atoms with Crippen molar-refractivity contribution in [2.75, 3.05) is 33.4 Å². The molecule has 0 radical (unpaired) electrons. The number of hydrogen-bond donors (Lipinski definition) is 1. The molecule has 2 aromatic rings. The van der Waals surface area contributed by atoms with Gasteiger partial charge in [0.05, 0.1) is 18.4 Å². The van der Waals surface area contributed by atoms with Gasteiger partial charge in [-0.1, -0.05) is 31.2 Å². The van der Waals surface area contributed by atoms with Gasteiger partial charge in [-0.3, -0.25) is 4.79 Å². The second-order valence-corrected chi connectivity index (χ2v) is 8.50. The third-order valence-electron chi connectivity index (χ3n) is 5.97. The molecule has 7 nitrogen and oxygen atoms in total. The lowest BCUT2D eigenvalue weighted by molar-refractivity contribution is -0.133.